The second kappa shape index (κ2) is 6.91. The smallest absolute Gasteiger partial charge is 0.234 e. The summed E-state index contributed by atoms with van der Waals surface area (Å²) in [7, 11) is 3.45. The summed E-state index contributed by atoms with van der Waals surface area (Å²) in [6, 6.07) is 0. The Bertz CT molecular complexity index is 325. The molecular formula is C9H17N5O2. The minimum absolute atomic E-state index is 0.0703. The molecule has 0 radical (unpaired) electrons. The Hall–Kier alpha value is -1.47. The molecule has 0 bridgehead atoms. The van der Waals surface area contributed by atoms with Gasteiger partial charge in [-0.25, -0.2) is 0 Å². The minimum Gasteiger partial charge on any atom is -0.383 e. The van der Waals surface area contributed by atoms with Gasteiger partial charge in [-0.2, -0.15) is 0 Å². The molecule has 0 aliphatic heterocycles. The van der Waals surface area contributed by atoms with E-state index in [0.717, 1.165) is 5.82 Å². The summed E-state index contributed by atoms with van der Waals surface area (Å²) in [5, 5.41) is 13.3. The molecule has 0 aliphatic rings. The highest BCUT2D eigenvalue weighted by Crippen LogP contribution is 1.89. The Kier molecular flexibility index (Phi) is 5.44. The summed E-state index contributed by atoms with van der Waals surface area (Å²) in [4.78, 5) is 11.3. The highest BCUT2D eigenvalue weighted by atomic mass is 16.5. The molecule has 7 heteroatoms. The van der Waals surface area contributed by atoms with Crippen LogP contribution in [0.4, 0.5) is 0 Å². The Morgan fingerprint density at radius 2 is 2.44 bits per heavy atom. The number of hydrogen-bond acceptors (Lipinski definition) is 5. The van der Waals surface area contributed by atoms with E-state index in [2.05, 4.69) is 20.8 Å². The molecule has 1 rings (SSSR count). The number of carbonyl (C=O) groups is 1. The van der Waals surface area contributed by atoms with E-state index in [1.807, 2.05) is 7.05 Å². The quantitative estimate of drug-likeness (QED) is 0.564. The van der Waals surface area contributed by atoms with Crippen LogP contribution in [0.2, 0.25) is 0 Å². The maximum Gasteiger partial charge on any atom is 0.234 e. The molecule has 0 atom stereocenters. The predicted octanol–water partition coefficient (Wildman–Crippen LogP) is -1.33. The van der Waals surface area contributed by atoms with Crippen molar-refractivity contribution in [1.29, 1.82) is 0 Å². The van der Waals surface area contributed by atoms with E-state index >= 15 is 0 Å². The molecule has 7 nitrogen and oxygen atoms in total. The van der Waals surface area contributed by atoms with Gasteiger partial charge in [0.05, 0.1) is 19.7 Å². The molecule has 0 saturated heterocycles. The van der Waals surface area contributed by atoms with Crippen LogP contribution in [0, 0.1) is 0 Å². The largest absolute Gasteiger partial charge is 0.383 e. The number of rotatable bonds is 7. The summed E-state index contributed by atoms with van der Waals surface area (Å²) in [5.74, 6) is 0.657. The number of ether oxygens (including phenoxy) is 1. The van der Waals surface area contributed by atoms with Gasteiger partial charge >= 0.3 is 0 Å². The number of nitrogens with zero attached hydrogens (tertiary/aromatic N) is 3. The average molecular weight is 227 g/mol. The second-order valence-corrected chi connectivity index (χ2v) is 3.30. The highest BCUT2D eigenvalue weighted by molar-refractivity contribution is 5.77. The maximum atomic E-state index is 11.3. The van der Waals surface area contributed by atoms with Crippen LogP contribution in [0.5, 0.6) is 0 Å². The van der Waals surface area contributed by atoms with Crippen LogP contribution in [0.25, 0.3) is 0 Å². The number of aromatic nitrogens is 3. The zero-order valence-corrected chi connectivity index (χ0v) is 9.56. The molecule has 16 heavy (non-hydrogen) atoms. The fourth-order valence-corrected chi connectivity index (χ4v) is 1.08. The number of hydrogen-bond donors (Lipinski definition) is 2. The molecule has 1 aromatic rings. The van der Waals surface area contributed by atoms with E-state index in [1.165, 1.54) is 0 Å². The van der Waals surface area contributed by atoms with Crippen molar-refractivity contribution in [3.8, 4) is 0 Å². The molecule has 1 amide bonds. The van der Waals surface area contributed by atoms with Gasteiger partial charge in [0.15, 0.2) is 5.82 Å². The maximum absolute atomic E-state index is 11.3. The Morgan fingerprint density at radius 1 is 1.62 bits per heavy atom. The van der Waals surface area contributed by atoms with Crippen molar-refractivity contribution in [3.63, 3.8) is 0 Å². The summed E-state index contributed by atoms with van der Waals surface area (Å²) in [6.07, 6.45) is 1.60. The number of amides is 1. The molecule has 90 valence electrons. The molecule has 0 spiro atoms. The van der Waals surface area contributed by atoms with Crippen LogP contribution in [0.3, 0.4) is 0 Å². The molecule has 0 fully saturated rings. The van der Waals surface area contributed by atoms with Crippen molar-refractivity contribution in [2.24, 2.45) is 7.05 Å². The fraction of sp³-hybridized carbons (Fsp3) is 0.667. The third kappa shape index (κ3) is 4.37. The van der Waals surface area contributed by atoms with E-state index in [-0.39, 0.29) is 12.5 Å². The first-order chi connectivity index (χ1) is 7.74. The summed E-state index contributed by atoms with van der Waals surface area (Å²) >= 11 is 0. The highest BCUT2D eigenvalue weighted by Gasteiger charge is 2.03. The molecule has 0 saturated carbocycles. The van der Waals surface area contributed by atoms with Crippen molar-refractivity contribution in [2.45, 2.75) is 6.54 Å². The molecule has 1 heterocycles. The van der Waals surface area contributed by atoms with E-state index < -0.39 is 0 Å². The van der Waals surface area contributed by atoms with Crippen LogP contribution in [0.1, 0.15) is 5.82 Å². The molecule has 1 aromatic heterocycles. The van der Waals surface area contributed by atoms with Gasteiger partial charge in [-0.05, 0) is 0 Å². The first kappa shape index (κ1) is 12.6. The first-order valence-electron chi connectivity index (χ1n) is 5.03. The van der Waals surface area contributed by atoms with E-state index in [9.17, 15) is 4.79 Å². The second-order valence-electron chi connectivity index (χ2n) is 3.30. The van der Waals surface area contributed by atoms with Gasteiger partial charge in [-0.3, -0.25) is 4.79 Å². The van der Waals surface area contributed by atoms with Gasteiger partial charge in [-0.1, -0.05) is 0 Å². The van der Waals surface area contributed by atoms with Gasteiger partial charge < -0.3 is 19.9 Å². The molecule has 2 N–H and O–H groups in total. The SMILES string of the molecule is COCCNCC(=O)NCc1nncn1C. The van der Waals surface area contributed by atoms with Crippen molar-refractivity contribution < 1.29 is 9.53 Å². The van der Waals surface area contributed by atoms with Gasteiger partial charge in [0.1, 0.15) is 6.33 Å². The Labute approximate surface area is 94.2 Å². The average Bonchev–Trinajstić information content (AvgIpc) is 2.67. The van der Waals surface area contributed by atoms with Crippen LogP contribution in [-0.2, 0) is 23.1 Å². The lowest BCUT2D eigenvalue weighted by molar-refractivity contribution is -0.120. The van der Waals surface area contributed by atoms with Crippen LogP contribution in [-0.4, -0.2) is 47.5 Å². The number of aryl methyl sites for hydroxylation is 1. The van der Waals surface area contributed by atoms with Crippen molar-refractivity contribution in [2.75, 3.05) is 26.8 Å². The van der Waals surface area contributed by atoms with Gasteiger partial charge in [0, 0.05) is 20.7 Å². The topological polar surface area (TPSA) is 81.1 Å². The normalized spacial score (nSPS) is 10.4. The lowest BCUT2D eigenvalue weighted by Gasteiger charge is -2.05. The zero-order valence-electron chi connectivity index (χ0n) is 9.56. The van der Waals surface area contributed by atoms with E-state index in [4.69, 9.17) is 4.74 Å². The third-order valence-electron chi connectivity index (χ3n) is 2.02. The molecule has 0 unspecified atom stereocenters. The van der Waals surface area contributed by atoms with Crippen molar-refractivity contribution in [3.05, 3.63) is 12.2 Å². The van der Waals surface area contributed by atoms with Crippen LogP contribution >= 0.6 is 0 Å². The van der Waals surface area contributed by atoms with Gasteiger partial charge in [0.25, 0.3) is 0 Å². The molecule has 0 aliphatic carbocycles. The number of nitrogens with one attached hydrogen (secondary N) is 2. The number of carbonyl (C=O) groups excluding carboxylic acids is 1. The lowest BCUT2D eigenvalue weighted by Crippen LogP contribution is -2.35. The van der Waals surface area contributed by atoms with Gasteiger partial charge in [0.2, 0.25) is 5.91 Å². The number of methoxy groups -OCH3 is 1. The van der Waals surface area contributed by atoms with Crippen LogP contribution in [0.15, 0.2) is 6.33 Å². The molecular weight excluding hydrogens is 210 g/mol. The predicted molar refractivity (Wildman–Crippen MR) is 57.6 cm³/mol. The van der Waals surface area contributed by atoms with E-state index in [1.54, 1.807) is 18.0 Å². The van der Waals surface area contributed by atoms with E-state index in [0.29, 0.717) is 19.7 Å². The zero-order chi connectivity index (χ0) is 11.8. The van der Waals surface area contributed by atoms with Crippen molar-refractivity contribution in [1.82, 2.24) is 25.4 Å². The minimum atomic E-state index is -0.0703. The Morgan fingerprint density at radius 3 is 3.06 bits per heavy atom. The molecule has 0 aromatic carbocycles. The summed E-state index contributed by atoms with van der Waals surface area (Å²) in [5.41, 5.74) is 0. The van der Waals surface area contributed by atoms with Gasteiger partial charge in [-0.15, -0.1) is 10.2 Å². The Balaban J connectivity index is 2.13. The monoisotopic (exact) mass is 227 g/mol. The first-order valence-corrected chi connectivity index (χ1v) is 5.03. The summed E-state index contributed by atoms with van der Waals surface area (Å²) < 4.78 is 6.60. The van der Waals surface area contributed by atoms with Crippen LogP contribution < -0.4 is 10.6 Å². The van der Waals surface area contributed by atoms with Crippen molar-refractivity contribution >= 4 is 5.91 Å². The fourth-order valence-electron chi connectivity index (χ4n) is 1.08. The summed E-state index contributed by atoms with van der Waals surface area (Å²) in [6.45, 7) is 1.92. The lowest BCUT2D eigenvalue weighted by atomic mass is 10.5. The third-order valence-corrected chi connectivity index (χ3v) is 2.02. The standard InChI is InChI=1S/C9H17N5O2/c1-14-7-12-13-8(14)5-11-9(15)6-10-3-4-16-2/h7,10H,3-6H2,1-2H3,(H,11,15).